The van der Waals surface area contributed by atoms with Crippen molar-refractivity contribution < 1.29 is 9.21 Å². The summed E-state index contributed by atoms with van der Waals surface area (Å²) >= 11 is 1.29. The van der Waals surface area contributed by atoms with Crippen molar-refractivity contribution in [2.75, 3.05) is 10.7 Å². The largest absolute Gasteiger partial charge is 0.467 e. The van der Waals surface area contributed by atoms with Gasteiger partial charge in [0, 0.05) is 11.7 Å². The van der Waals surface area contributed by atoms with Crippen LogP contribution in [0.25, 0.3) is 10.9 Å². The fourth-order valence-corrected chi connectivity index (χ4v) is 4.95. The Bertz CT molecular complexity index is 1310. The second-order valence-corrected chi connectivity index (χ2v) is 8.56. The van der Waals surface area contributed by atoms with E-state index in [2.05, 4.69) is 13.0 Å². The minimum absolute atomic E-state index is 0.00871. The molecule has 0 aliphatic carbocycles. The third kappa shape index (κ3) is 3.65. The minimum atomic E-state index is -0.142. The summed E-state index contributed by atoms with van der Waals surface area (Å²) in [6.45, 7) is 2.33. The molecule has 31 heavy (non-hydrogen) atoms. The Hall–Kier alpha value is -3.32. The van der Waals surface area contributed by atoms with E-state index in [9.17, 15) is 9.59 Å². The molecule has 1 aliphatic heterocycles. The number of carbonyl (C=O) groups is 1. The molecule has 5 rings (SSSR count). The van der Waals surface area contributed by atoms with Crippen LogP contribution in [0.4, 0.5) is 5.69 Å². The monoisotopic (exact) mass is 431 g/mol. The van der Waals surface area contributed by atoms with Gasteiger partial charge in [-0.15, -0.1) is 0 Å². The summed E-state index contributed by atoms with van der Waals surface area (Å²) in [6, 6.07) is 19.0. The Kier molecular flexibility index (Phi) is 5.11. The molecule has 0 bridgehead atoms. The quantitative estimate of drug-likeness (QED) is 0.351. The number of thioether (sulfide) groups is 1. The number of para-hydroxylation sites is 2. The van der Waals surface area contributed by atoms with E-state index in [4.69, 9.17) is 9.40 Å². The van der Waals surface area contributed by atoms with Crippen LogP contribution in [0.15, 0.2) is 81.3 Å². The molecule has 0 spiro atoms. The molecule has 1 atom stereocenters. The van der Waals surface area contributed by atoms with E-state index in [0.717, 1.165) is 12.1 Å². The number of rotatable bonds is 5. The molecular weight excluding hydrogens is 410 g/mol. The summed E-state index contributed by atoms with van der Waals surface area (Å²) < 4.78 is 7.03. The van der Waals surface area contributed by atoms with Crippen LogP contribution in [-0.2, 0) is 17.8 Å². The third-order valence-corrected chi connectivity index (χ3v) is 6.48. The lowest BCUT2D eigenvalue weighted by atomic mass is 10.1. The number of hydrogen-bond acceptors (Lipinski definition) is 5. The number of aromatic nitrogens is 2. The Morgan fingerprint density at radius 3 is 2.77 bits per heavy atom. The summed E-state index contributed by atoms with van der Waals surface area (Å²) in [5, 5.41) is 1.06. The van der Waals surface area contributed by atoms with Crippen LogP contribution in [0.3, 0.4) is 0 Å². The Morgan fingerprint density at radius 1 is 1.13 bits per heavy atom. The Morgan fingerprint density at radius 2 is 1.94 bits per heavy atom. The first kappa shape index (κ1) is 19.6. The molecule has 0 fully saturated rings. The number of anilines is 1. The molecule has 0 saturated heterocycles. The fraction of sp³-hybridized carbons (Fsp3) is 0.208. The number of fused-ring (bicyclic) bond motifs is 2. The number of nitrogens with zero attached hydrogens (tertiary/aromatic N) is 3. The Balaban J connectivity index is 1.46. The summed E-state index contributed by atoms with van der Waals surface area (Å²) in [7, 11) is 0. The summed E-state index contributed by atoms with van der Waals surface area (Å²) in [5.74, 6) is 0.866. The van der Waals surface area contributed by atoms with Gasteiger partial charge in [0.15, 0.2) is 5.16 Å². The molecule has 7 heteroatoms. The van der Waals surface area contributed by atoms with E-state index in [1.54, 1.807) is 23.0 Å². The molecule has 6 nitrogen and oxygen atoms in total. The standard InChI is InChI=1S/C24H21N3O3S/c1-16-13-17-7-2-5-11-21(17)27(16)22(28)15-31-24-25-20-10-4-3-9-19(20)23(29)26(24)14-18-8-6-12-30-18/h2-12,16H,13-15H2,1H3/t16-/m1/s1. The highest BCUT2D eigenvalue weighted by molar-refractivity contribution is 7.99. The van der Waals surface area contributed by atoms with Crippen molar-refractivity contribution in [2.24, 2.45) is 0 Å². The van der Waals surface area contributed by atoms with Gasteiger partial charge in [-0.1, -0.05) is 42.1 Å². The molecule has 2 aromatic heterocycles. The number of amides is 1. The van der Waals surface area contributed by atoms with Gasteiger partial charge in [0.2, 0.25) is 5.91 Å². The second kappa shape index (κ2) is 8.07. The van der Waals surface area contributed by atoms with E-state index >= 15 is 0 Å². The zero-order valence-electron chi connectivity index (χ0n) is 17.0. The van der Waals surface area contributed by atoms with Crippen LogP contribution in [0.2, 0.25) is 0 Å². The zero-order chi connectivity index (χ0) is 21.4. The van der Waals surface area contributed by atoms with Gasteiger partial charge < -0.3 is 9.32 Å². The van der Waals surface area contributed by atoms with Gasteiger partial charge in [-0.25, -0.2) is 4.98 Å². The minimum Gasteiger partial charge on any atom is -0.467 e. The van der Waals surface area contributed by atoms with Crippen molar-refractivity contribution in [3.8, 4) is 0 Å². The molecule has 2 aromatic carbocycles. The number of benzene rings is 2. The Labute approximate surface area is 183 Å². The van der Waals surface area contributed by atoms with Gasteiger partial charge in [-0.05, 0) is 49.2 Å². The molecule has 0 radical (unpaired) electrons. The van der Waals surface area contributed by atoms with E-state index in [1.807, 2.05) is 47.4 Å². The van der Waals surface area contributed by atoms with Crippen LogP contribution in [0, 0.1) is 0 Å². The SMILES string of the molecule is C[C@@H]1Cc2ccccc2N1C(=O)CSc1nc2ccccc2c(=O)n1Cc1ccco1. The van der Waals surface area contributed by atoms with E-state index in [1.165, 1.54) is 17.3 Å². The van der Waals surface area contributed by atoms with E-state index < -0.39 is 0 Å². The average Bonchev–Trinajstić information content (AvgIpc) is 3.41. The van der Waals surface area contributed by atoms with Crippen molar-refractivity contribution in [3.05, 3.63) is 88.6 Å². The fourth-order valence-electron chi connectivity index (χ4n) is 4.10. The molecule has 0 unspecified atom stereocenters. The number of hydrogen-bond donors (Lipinski definition) is 0. The van der Waals surface area contributed by atoms with Crippen LogP contribution in [0.5, 0.6) is 0 Å². The first-order valence-electron chi connectivity index (χ1n) is 10.2. The van der Waals surface area contributed by atoms with Gasteiger partial charge in [0.05, 0.1) is 29.5 Å². The van der Waals surface area contributed by atoms with Crippen molar-refractivity contribution in [2.45, 2.75) is 31.1 Å². The number of furan rings is 1. The van der Waals surface area contributed by atoms with Gasteiger partial charge in [0.25, 0.3) is 5.56 Å². The highest BCUT2D eigenvalue weighted by Crippen LogP contribution is 2.32. The van der Waals surface area contributed by atoms with Gasteiger partial charge in [-0.3, -0.25) is 14.2 Å². The third-order valence-electron chi connectivity index (χ3n) is 5.52. The van der Waals surface area contributed by atoms with Crippen molar-refractivity contribution in [3.63, 3.8) is 0 Å². The predicted octanol–water partition coefficient (Wildman–Crippen LogP) is 4.11. The first-order valence-corrected chi connectivity index (χ1v) is 11.1. The molecule has 0 saturated carbocycles. The maximum absolute atomic E-state index is 13.2. The molecule has 1 aliphatic rings. The highest BCUT2D eigenvalue weighted by Gasteiger charge is 2.30. The molecule has 3 heterocycles. The van der Waals surface area contributed by atoms with E-state index in [-0.39, 0.29) is 29.8 Å². The van der Waals surface area contributed by atoms with Crippen LogP contribution in [-0.4, -0.2) is 27.3 Å². The van der Waals surface area contributed by atoms with Crippen LogP contribution in [0.1, 0.15) is 18.2 Å². The maximum atomic E-state index is 13.2. The lowest BCUT2D eigenvalue weighted by molar-refractivity contribution is -0.116. The molecule has 4 aromatic rings. The lowest BCUT2D eigenvalue weighted by Crippen LogP contribution is -2.37. The van der Waals surface area contributed by atoms with Crippen LogP contribution < -0.4 is 10.5 Å². The smallest absolute Gasteiger partial charge is 0.262 e. The molecule has 0 N–H and O–H groups in total. The molecular formula is C24H21N3O3S. The van der Waals surface area contributed by atoms with Gasteiger partial charge in [0.1, 0.15) is 5.76 Å². The van der Waals surface area contributed by atoms with Crippen molar-refractivity contribution in [1.29, 1.82) is 0 Å². The second-order valence-electron chi connectivity index (χ2n) is 7.62. The lowest BCUT2D eigenvalue weighted by Gasteiger charge is -2.22. The van der Waals surface area contributed by atoms with Gasteiger partial charge in [-0.2, -0.15) is 0 Å². The van der Waals surface area contributed by atoms with Crippen LogP contribution >= 0.6 is 11.8 Å². The van der Waals surface area contributed by atoms with E-state index in [0.29, 0.717) is 21.8 Å². The summed E-state index contributed by atoms with van der Waals surface area (Å²) in [5.41, 5.74) is 2.64. The average molecular weight is 432 g/mol. The van der Waals surface area contributed by atoms with Crippen molar-refractivity contribution >= 4 is 34.3 Å². The zero-order valence-corrected chi connectivity index (χ0v) is 17.8. The normalized spacial score (nSPS) is 15.4. The maximum Gasteiger partial charge on any atom is 0.262 e. The molecule has 1 amide bonds. The first-order chi connectivity index (χ1) is 15.1. The van der Waals surface area contributed by atoms with Gasteiger partial charge >= 0.3 is 0 Å². The number of carbonyl (C=O) groups excluding carboxylic acids is 1. The van der Waals surface area contributed by atoms with Crippen molar-refractivity contribution in [1.82, 2.24) is 9.55 Å². The predicted molar refractivity (Wildman–Crippen MR) is 122 cm³/mol. The topological polar surface area (TPSA) is 68.3 Å². The highest BCUT2D eigenvalue weighted by atomic mass is 32.2. The molecule has 156 valence electrons. The summed E-state index contributed by atoms with van der Waals surface area (Å²) in [6.07, 6.45) is 2.43. The summed E-state index contributed by atoms with van der Waals surface area (Å²) in [4.78, 5) is 32.9.